The van der Waals surface area contributed by atoms with Crippen molar-refractivity contribution >= 4 is 10.8 Å². The maximum atomic E-state index is 9.39. The summed E-state index contributed by atoms with van der Waals surface area (Å²) in [5.74, 6) is 0.908. The van der Waals surface area contributed by atoms with Crippen molar-refractivity contribution in [2.75, 3.05) is 13.7 Å². The summed E-state index contributed by atoms with van der Waals surface area (Å²) >= 11 is 0. The Morgan fingerprint density at radius 1 is 1.35 bits per heavy atom. The van der Waals surface area contributed by atoms with E-state index in [9.17, 15) is 5.11 Å². The van der Waals surface area contributed by atoms with E-state index < -0.39 is 0 Å². The molecule has 1 aromatic carbocycles. The van der Waals surface area contributed by atoms with Crippen LogP contribution in [0.1, 0.15) is 25.0 Å². The fraction of sp³-hybridized carbons (Fsp3) is 0.357. The molecule has 0 amide bonds. The Morgan fingerprint density at radius 3 is 2.82 bits per heavy atom. The van der Waals surface area contributed by atoms with Gasteiger partial charge in [0.15, 0.2) is 0 Å². The second kappa shape index (κ2) is 5.15. The SMILES string of the molecule is CCC(CO)c1nccc2ccc(OC)cc12. The monoisotopic (exact) mass is 231 g/mol. The zero-order chi connectivity index (χ0) is 12.3. The van der Waals surface area contributed by atoms with Gasteiger partial charge >= 0.3 is 0 Å². The van der Waals surface area contributed by atoms with Gasteiger partial charge in [-0.1, -0.05) is 13.0 Å². The third-order valence-electron chi connectivity index (χ3n) is 3.10. The lowest BCUT2D eigenvalue weighted by Crippen LogP contribution is -2.05. The number of aliphatic hydroxyl groups excluding tert-OH is 1. The summed E-state index contributed by atoms with van der Waals surface area (Å²) in [7, 11) is 1.65. The largest absolute Gasteiger partial charge is 0.497 e. The van der Waals surface area contributed by atoms with Gasteiger partial charge in [-0.15, -0.1) is 0 Å². The van der Waals surface area contributed by atoms with Crippen molar-refractivity contribution in [3.63, 3.8) is 0 Å². The lowest BCUT2D eigenvalue weighted by atomic mass is 9.97. The first-order valence-electron chi connectivity index (χ1n) is 5.83. The van der Waals surface area contributed by atoms with Gasteiger partial charge in [-0.2, -0.15) is 0 Å². The van der Waals surface area contributed by atoms with Crippen molar-refractivity contribution in [2.45, 2.75) is 19.3 Å². The van der Waals surface area contributed by atoms with Gasteiger partial charge in [-0.3, -0.25) is 4.98 Å². The summed E-state index contributed by atoms with van der Waals surface area (Å²) in [6.07, 6.45) is 2.67. The molecule has 0 fully saturated rings. The highest BCUT2D eigenvalue weighted by atomic mass is 16.5. The number of methoxy groups -OCH3 is 1. The second-order valence-corrected chi connectivity index (χ2v) is 4.07. The fourth-order valence-electron chi connectivity index (χ4n) is 2.03. The number of hydrogen-bond acceptors (Lipinski definition) is 3. The number of ether oxygens (including phenoxy) is 1. The van der Waals surface area contributed by atoms with E-state index in [0.29, 0.717) is 0 Å². The number of pyridine rings is 1. The molecule has 0 aliphatic carbocycles. The molecular weight excluding hydrogens is 214 g/mol. The molecule has 3 nitrogen and oxygen atoms in total. The van der Waals surface area contributed by atoms with E-state index in [1.54, 1.807) is 13.3 Å². The van der Waals surface area contributed by atoms with E-state index >= 15 is 0 Å². The van der Waals surface area contributed by atoms with Crippen molar-refractivity contribution in [2.24, 2.45) is 0 Å². The Morgan fingerprint density at radius 2 is 2.18 bits per heavy atom. The number of rotatable bonds is 4. The lowest BCUT2D eigenvalue weighted by Gasteiger charge is -2.14. The van der Waals surface area contributed by atoms with Gasteiger partial charge in [0.2, 0.25) is 0 Å². The molecule has 2 rings (SSSR count). The minimum Gasteiger partial charge on any atom is -0.497 e. The van der Waals surface area contributed by atoms with Crippen LogP contribution in [0.3, 0.4) is 0 Å². The summed E-state index contributed by atoms with van der Waals surface area (Å²) < 4.78 is 5.23. The van der Waals surface area contributed by atoms with E-state index in [1.807, 2.05) is 24.3 Å². The molecule has 1 N–H and O–H groups in total. The normalized spacial score (nSPS) is 12.6. The zero-order valence-corrected chi connectivity index (χ0v) is 10.2. The predicted octanol–water partition coefficient (Wildman–Crippen LogP) is 2.73. The van der Waals surface area contributed by atoms with Crippen LogP contribution in [0, 0.1) is 0 Å². The molecule has 1 heterocycles. The molecule has 0 radical (unpaired) electrons. The van der Waals surface area contributed by atoms with Crippen molar-refractivity contribution in [1.82, 2.24) is 4.98 Å². The van der Waals surface area contributed by atoms with E-state index in [-0.39, 0.29) is 12.5 Å². The Hall–Kier alpha value is -1.61. The molecule has 90 valence electrons. The fourth-order valence-corrected chi connectivity index (χ4v) is 2.03. The highest BCUT2D eigenvalue weighted by molar-refractivity contribution is 5.86. The molecule has 0 spiro atoms. The van der Waals surface area contributed by atoms with Gasteiger partial charge in [0.1, 0.15) is 5.75 Å². The van der Waals surface area contributed by atoms with Crippen LogP contribution in [0.15, 0.2) is 30.5 Å². The summed E-state index contributed by atoms with van der Waals surface area (Å²) in [6.45, 7) is 2.18. The Kier molecular flexibility index (Phi) is 3.59. The van der Waals surface area contributed by atoms with Gasteiger partial charge in [-0.25, -0.2) is 0 Å². The molecular formula is C14H17NO2. The average Bonchev–Trinajstić information content (AvgIpc) is 2.40. The molecule has 0 saturated heterocycles. The minimum atomic E-state index is 0.0887. The second-order valence-electron chi connectivity index (χ2n) is 4.07. The van der Waals surface area contributed by atoms with Crippen LogP contribution in [0.4, 0.5) is 0 Å². The van der Waals surface area contributed by atoms with Gasteiger partial charge in [0.05, 0.1) is 19.4 Å². The van der Waals surface area contributed by atoms with E-state index in [4.69, 9.17) is 4.74 Å². The first kappa shape index (κ1) is 11.9. The molecule has 0 aliphatic rings. The minimum absolute atomic E-state index is 0.0887. The lowest BCUT2D eigenvalue weighted by molar-refractivity contribution is 0.261. The summed E-state index contributed by atoms with van der Waals surface area (Å²) in [6, 6.07) is 7.91. The summed E-state index contributed by atoms with van der Waals surface area (Å²) in [5, 5.41) is 11.6. The average molecular weight is 231 g/mol. The molecule has 1 aromatic heterocycles. The number of aliphatic hydroxyl groups is 1. The van der Waals surface area contributed by atoms with Gasteiger partial charge in [-0.05, 0) is 30.0 Å². The highest BCUT2D eigenvalue weighted by Crippen LogP contribution is 2.28. The number of aromatic nitrogens is 1. The maximum Gasteiger partial charge on any atom is 0.119 e. The van der Waals surface area contributed by atoms with Crippen LogP contribution in [0.25, 0.3) is 10.8 Å². The van der Waals surface area contributed by atoms with Crippen molar-refractivity contribution in [3.8, 4) is 5.75 Å². The molecule has 0 bridgehead atoms. The van der Waals surface area contributed by atoms with Crippen LogP contribution >= 0.6 is 0 Å². The molecule has 0 saturated carbocycles. The van der Waals surface area contributed by atoms with Gasteiger partial charge in [0.25, 0.3) is 0 Å². The van der Waals surface area contributed by atoms with Gasteiger partial charge < -0.3 is 9.84 Å². The molecule has 17 heavy (non-hydrogen) atoms. The zero-order valence-electron chi connectivity index (χ0n) is 10.2. The van der Waals surface area contributed by atoms with Crippen molar-refractivity contribution < 1.29 is 9.84 Å². The molecule has 1 atom stereocenters. The van der Waals surface area contributed by atoms with Crippen LogP contribution in [-0.4, -0.2) is 23.8 Å². The maximum absolute atomic E-state index is 9.39. The number of nitrogens with zero attached hydrogens (tertiary/aromatic N) is 1. The van der Waals surface area contributed by atoms with Crippen molar-refractivity contribution in [3.05, 3.63) is 36.2 Å². The third kappa shape index (κ3) is 2.24. The number of fused-ring (bicyclic) bond motifs is 1. The van der Waals surface area contributed by atoms with E-state index in [1.165, 1.54) is 0 Å². The molecule has 3 heteroatoms. The van der Waals surface area contributed by atoms with E-state index in [2.05, 4.69) is 11.9 Å². The molecule has 1 unspecified atom stereocenters. The Bertz CT molecular complexity index is 507. The van der Waals surface area contributed by atoms with Gasteiger partial charge in [0, 0.05) is 17.5 Å². The third-order valence-corrected chi connectivity index (χ3v) is 3.10. The van der Waals surface area contributed by atoms with Crippen LogP contribution < -0.4 is 4.74 Å². The Labute approximate surface area is 101 Å². The van der Waals surface area contributed by atoms with Crippen LogP contribution in [0.2, 0.25) is 0 Å². The molecule has 2 aromatic rings. The molecule has 0 aliphatic heterocycles. The summed E-state index contributed by atoms with van der Waals surface area (Å²) in [4.78, 5) is 4.41. The quantitative estimate of drug-likeness (QED) is 0.879. The topological polar surface area (TPSA) is 42.4 Å². The Balaban J connectivity index is 2.61. The van der Waals surface area contributed by atoms with Crippen LogP contribution in [-0.2, 0) is 0 Å². The first-order chi connectivity index (χ1) is 8.30. The number of benzene rings is 1. The smallest absolute Gasteiger partial charge is 0.119 e. The number of hydrogen-bond donors (Lipinski definition) is 1. The standard InChI is InChI=1S/C14H17NO2/c1-3-10(9-16)14-13-8-12(17-2)5-4-11(13)6-7-15-14/h4-8,10,16H,3,9H2,1-2H3. The van der Waals surface area contributed by atoms with Crippen molar-refractivity contribution in [1.29, 1.82) is 0 Å². The highest BCUT2D eigenvalue weighted by Gasteiger charge is 2.13. The van der Waals surface area contributed by atoms with E-state index in [0.717, 1.165) is 28.6 Å². The predicted molar refractivity (Wildman–Crippen MR) is 68.4 cm³/mol. The first-order valence-corrected chi connectivity index (χ1v) is 5.83. The van der Waals surface area contributed by atoms with Crippen LogP contribution in [0.5, 0.6) is 5.75 Å². The summed E-state index contributed by atoms with van der Waals surface area (Å²) in [5.41, 5.74) is 0.950.